The Balaban J connectivity index is 2.02. The first kappa shape index (κ1) is 32.6. The summed E-state index contributed by atoms with van der Waals surface area (Å²) in [7, 11) is -2.64. The molecule has 2 aromatic rings. The van der Waals surface area contributed by atoms with Crippen molar-refractivity contribution in [1.29, 1.82) is 0 Å². The van der Waals surface area contributed by atoms with Crippen LogP contribution in [-0.2, 0) is 19.1 Å². The van der Waals surface area contributed by atoms with Crippen molar-refractivity contribution in [3.63, 3.8) is 0 Å². The number of esters is 2. The van der Waals surface area contributed by atoms with Crippen LogP contribution in [0, 0.1) is 22.0 Å². The number of nitrogens with one attached hydrogen (secondary N) is 1. The Morgan fingerprint density at radius 1 is 1.02 bits per heavy atom. The van der Waals surface area contributed by atoms with Crippen molar-refractivity contribution in [3.05, 3.63) is 58.6 Å². The summed E-state index contributed by atoms with van der Waals surface area (Å²) in [5.41, 5.74) is 6.66. The Kier molecular flexibility index (Phi) is 11.9. The third-order valence-electron chi connectivity index (χ3n) is 5.89. The van der Waals surface area contributed by atoms with Crippen LogP contribution in [0.3, 0.4) is 0 Å². The molecule has 3 N–H and O–H groups in total. The smallest absolute Gasteiger partial charge is 0.412 e. The van der Waals surface area contributed by atoms with Crippen molar-refractivity contribution >= 4 is 25.8 Å². The molecule has 2 aromatic carbocycles. The van der Waals surface area contributed by atoms with Gasteiger partial charge in [-0.25, -0.2) is 4.79 Å². The lowest BCUT2D eigenvalue weighted by Gasteiger charge is -2.35. The van der Waals surface area contributed by atoms with E-state index >= 15 is 0 Å². The van der Waals surface area contributed by atoms with Crippen LogP contribution in [0.4, 0.5) is 5.69 Å². The first-order chi connectivity index (χ1) is 18.8. The van der Waals surface area contributed by atoms with E-state index in [1.54, 1.807) is 39.8 Å². The highest BCUT2D eigenvalue weighted by Gasteiger charge is 2.48. The molecule has 0 spiro atoms. The fourth-order valence-corrected chi connectivity index (χ4v) is 3.81. The number of benzene rings is 2. The lowest BCUT2D eigenvalue weighted by atomic mass is 9.87. The number of rotatable bonds is 14. The highest BCUT2D eigenvalue weighted by atomic mass is 31.1. The number of nitro benzene ring substituents is 1. The molecule has 40 heavy (non-hydrogen) atoms. The quantitative estimate of drug-likeness (QED) is 0.107. The minimum absolute atomic E-state index is 0.0584. The molecule has 0 fully saturated rings. The van der Waals surface area contributed by atoms with Crippen molar-refractivity contribution in [3.8, 4) is 17.2 Å². The zero-order chi connectivity index (χ0) is 30.0. The Hall–Kier alpha value is -3.64. The maximum Gasteiger partial charge on any atom is 0.412 e. The van der Waals surface area contributed by atoms with Crippen LogP contribution in [0.15, 0.2) is 53.4 Å². The number of ether oxygens (including phenoxy) is 3. The monoisotopic (exact) mass is 578 g/mol. The van der Waals surface area contributed by atoms with Gasteiger partial charge < -0.3 is 19.1 Å². The van der Waals surface area contributed by atoms with Gasteiger partial charge in [-0.1, -0.05) is 27.7 Å². The van der Waals surface area contributed by atoms with Gasteiger partial charge in [0.15, 0.2) is 5.75 Å². The van der Waals surface area contributed by atoms with Crippen LogP contribution in [0.1, 0.15) is 48.0 Å². The highest BCUT2D eigenvalue weighted by molar-refractivity contribution is 7.33. The predicted molar refractivity (Wildman–Crippen MR) is 145 cm³/mol. The normalized spacial score (nSPS) is 14.7. The third-order valence-corrected chi connectivity index (χ3v) is 6.53. The van der Waals surface area contributed by atoms with Crippen molar-refractivity contribution in [1.82, 2.24) is 5.43 Å². The molecular formula is C26H35N4O9P. The Morgan fingerprint density at radius 2 is 1.55 bits per heavy atom. The van der Waals surface area contributed by atoms with Crippen LogP contribution in [0.2, 0.25) is 0 Å². The maximum absolute atomic E-state index is 12.9. The van der Waals surface area contributed by atoms with E-state index in [1.165, 1.54) is 36.4 Å². The highest BCUT2D eigenvalue weighted by Crippen LogP contribution is 2.29. The van der Waals surface area contributed by atoms with E-state index in [9.17, 15) is 24.6 Å². The van der Waals surface area contributed by atoms with Gasteiger partial charge in [0.05, 0.1) is 11.0 Å². The SMILES string of the molecule is CC[C@H](N/N=[P+](\[O-])Oc1ccc(Oc2ccc([N+](=O)[O-])cc2)cc1)C(=O)O[C@](N)(C(=O)OC(C)C)[C@@H](C)C(C)C. The molecule has 0 aromatic heterocycles. The predicted octanol–water partition coefficient (Wildman–Crippen LogP) is 4.35. The summed E-state index contributed by atoms with van der Waals surface area (Å²) in [6, 6.07) is 10.6. The number of carbonyl (C=O) groups excluding carboxylic acids is 2. The van der Waals surface area contributed by atoms with E-state index in [1.807, 2.05) is 13.8 Å². The van der Waals surface area contributed by atoms with Crippen molar-refractivity contribution in [2.75, 3.05) is 0 Å². The second-order valence-corrected chi connectivity index (χ2v) is 10.4. The zero-order valence-electron chi connectivity index (χ0n) is 23.2. The molecule has 0 amide bonds. The molecular weight excluding hydrogens is 543 g/mol. The summed E-state index contributed by atoms with van der Waals surface area (Å²) in [4.78, 5) is 52.0. The standard InChI is InChI=1S/C26H35N4O9P/c1-7-23(24(31)38-26(27,18(6)16(2)3)25(32)36-17(4)5)28-29-40(35)39-22-14-12-21(13-15-22)37-20-10-8-19(9-11-20)30(33)34/h8-18,23,28H,7,27H2,1-6H3/t18-,23-,26-/m0/s1. The van der Waals surface area contributed by atoms with E-state index in [2.05, 4.69) is 10.3 Å². The van der Waals surface area contributed by atoms with Crippen LogP contribution in [0.25, 0.3) is 0 Å². The van der Waals surface area contributed by atoms with E-state index in [4.69, 9.17) is 24.5 Å². The molecule has 2 rings (SSSR count). The molecule has 218 valence electrons. The summed E-state index contributed by atoms with van der Waals surface area (Å²) in [6.45, 7) is 10.3. The molecule has 0 saturated carbocycles. The Morgan fingerprint density at radius 3 is 2.02 bits per heavy atom. The summed E-state index contributed by atoms with van der Waals surface area (Å²) in [5.74, 6) is -1.38. The minimum Gasteiger partial charge on any atom is -0.574 e. The molecule has 0 aliphatic heterocycles. The van der Waals surface area contributed by atoms with Gasteiger partial charge in [0, 0.05) is 22.9 Å². The van der Waals surface area contributed by atoms with E-state index in [0.29, 0.717) is 11.5 Å². The fraction of sp³-hybridized carbons (Fsp3) is 0.462. The molecule has 14 heteroatoms. The number of nitrogens with zero attached hydrogens (tertiary/aromatic N) is 2. The molecule has 0 aliphatic carbocycles. The lowest BCUT2D eigenvalue weighted by Crippen LogP contribution is -2.60. The zero-order valence-corrected chi connectivity index (χ0v) is 24.1. The molecule has 0 radical (unpaired) electrons. The van der Waals surface area contributed by atoms with Crippen LogP contribution >= 0.6 is 8.17 Å². The van der Waals surface area contributed by atoms with Gasteiger partial charge in [-0.05, 0) is 62.6 Å². The topological polar surface area (TPSA) is 188 Å². The van der Waals surface area contributed by atoms with E-state index in [-0.39, 0.29) is 23.8 Å². The van der Waals surface area contributed by atoms with Gasteiger partial charge >= 0.3 is 20.1 Å². The molecule has 0 bridgehead atoms. The molecule has 0 heterocycles. The van der Waals surface area contributed by atoms with Crippen molar-refractivity contribution in [2.45, 2.75) is 65.8 Å². The summed E-state index contributed by atoms with van der Waals surface area (Å²) in [6.07, 6.45) is -0.279. The summed E-state index contributed by atoms with van der Waals surface area (Å²) < 4.78 is 21.6. The number of nitrogens with two attached hydrogens (primary N) is 1. The fourth-order valence-electron chi connectivity index (χ4n) is 3.24. The summed E-state index contributed by atoms with van der Waals surface area (Å²) >= 11 is 0. The van der Waals surface area contributed by atoms with Gasteiger partial charge in [-0.2, -0.15) is 5.43 Å². The van der Waals surface area contributed by atoms with Crippen molar-refractivity contribution in [2.24, 2.45) is 22.4 Å². The molecule has 13 nitrogen and oxygen atoms in total. The minimum atomic E-state index is -2.64. The largest absolute Gasteiger partial charge is 0.574 e. The van der Waals surface area contributed by atoms with Crippen LogP contribution in [-0.4, -0.2) is 34.7 Å². The third kappa shape index (κ3) is 9.23. The van der Waals surface area contributed by atoms with Gasteiger partial charge in [-0.3, -0.25) is 25.2 Å². The van der Waals surface area contributed by atoms with E-state index < -0.39 is 48.8 Å². The van der Waals surface area contributed by atoms with Gasteiger partial charge in [-0.15, -0.1) is 0 Å². The van der Waals surface area contributed by atoms with Gasteiger partial charge in [0.25, 0.3) is 11.4 Å². The second kappa shape index (κ2) is 14.7. The number of hydrogen-bond donors (Lipinski definition) is 2. The average Bonchev–Trinajstić information content (AvgIpc) is 2.89. The average molecular weight is 579 g/mol. The molecule has 0 saturated heterocycles. The molecule has 4 atom stereocenters. The number of nitro groups is 1. The van der Waals surface area contributed by atoms with Gasteiger partial charge in [0.1, 0.15) is 17.5 Å². The summed E-state index contributed by atoms with van der Waals surface area (Å²) in [5, 5.41) is 10.8. The number of non-ortho nitro benzene ring substituents is 1. The number of hydrogen-bond acceptors (Lipinski definition) is 11. The van der Waals surface area contributed by atoms with Gasteiger partial charge in [0.2, 0.25) is 0 Å². The first-order valence-electron chi connectivity index (χ1n) is 12.6. The Bertz CT molecular complexity index is 1190. The van der Waals surface area contributed by atoms with Crippen molar-refractivity contribution < 1.29 is 38.1 Å². The molecule has 0 aliphatic rings. The van der Waals surface area contributed by atoms with Crippen LogP contribution < -0.4 is 25.3 Å². The Labute approximate surface area is 233 Å². The van der Waals surface area contributed by atoms with E-state index in [0.717, 1.165) is 0 Å². The first-order valence-corrected chi connectivity index (χ1v) is 13.8. The van der Waals surface area contributed by atoms with Crippen LogP contribution in [0.5, 0.6) is 17.2 Å². The second-order valence-electron chi connectivity index (χ2n) is 9.54. The number of carbonyl (C=O) groups is 2. The maximum atomic E-state index is 12.9. The lowest BCUT2D eigenvalue weighted by molar-refractivity contribution is -0.384. The molecule has 1 unspecified atom stereocenters.